The van der Waals surface area contributed by atoms with Crippen LogP contribution >= 0.6 is 0 Å². The van der Waals surface area contributed by atoms with Crippen LogP contribution in [0, 0.1) is 5.92 Å². The van der Waals surface area contributed by atoms with E-state index >= 15 is 0 Å². The van der Waals surface area contributed by atoms with Crippen LogP contribution in [0.1, 0.15) is 20.8 Å². The molecule has 2 rings (SSSR count). The van der Waals surface area contributed by atoms with Gasteiger partial charge in [-0.3, -0.25) is 0 Å². The molecule has 0 aliphatic carbocycles. The van der Waals surface area contributed by atoms with Gasteiger partial charge < -0.3 is 24.4 Å². The van der Waals surface area contributed by atoms with Gasteiger partial charge in [0.15, 0.2) is 12.1 Å². The largest absolute Gasteiger partial charge is 0.393 e. The zero-order valence-electron chi connectivity index (χ0n) is 9.27. The lowest BCUT2D eigenvalue weighted by atomic mass is 9.88. The lowest BCUT2D eigenvalue weighted by Crippen LogP contribution is -2.45. The van der Waals surface area contributed by atoms with Gasteiger partial charge in [-0.2, -0.15) is 0 Å². The summed E-state index contributed by atoms with van der Waals surface area (Å²) in [5.41, 5.74) is -0.939. The molecule has 2 heterocycles. The number of fused-ring (bicyclic) bond motifs is 1. The van der Waals surface area contributed by atoms with Crippen molar-refractivity contribution in [2.75, 3.05) is 13.2 Å². The monoisotopic (exact) mass is 218 g/mol. The molecule has 0 aromatic heterocycles. The van der Waals surface area contributed by atoms with Gasteiger partial charge in [0.25, 0.3) is 0 Å². The molecule has 0 amide bonds. The molecule has 5 nitrogen and oxygen atoms in total. The van der Waals surface area contributed by atoms with E-state index in [0.29, 0.717) is 0 Å². The molecule has 3 atom stereocenters. The summed E-state index contributed by atoms with van der Waals surface area (Å²) in [5, 5.41) is 18.6. The molecule has 15 heavy (non-hydrogen) atoms. The highest BCUT2D eigenvalue weighted by atomic mass is 16.8. The van der Waals surface area contributed by atoms with Gasteiger partial charge in [0.1, 0.15) is 11.7 Å². The van der Waals surface area contributed by atoms with Crippen LogP contribution in [-0.2, 0) is 14.2 Å². The minimum Gasteiger partial charge on any atom is -0.393 e. The van der Waals surface area contributed by atoms with Crippen molar-refractivity contribution >= 4 is 0 Å². The van der Waals surface area contributed by atoms with Gasteiger partial charge in [0.05, 0.1) is 13.2 Å². The molecule has 0 radical (unpaired) electrons. The van der Waals surface area contributed by atoms with E-state index in [9.17, 15) is 10.2 Å². The second kappa shape index (κ2) is 3.40. The molecule has 0 aromatic carbocycles. The molecule has 1 unspecified atom stereocenters. The predicted octanol–water partition coefficient (Wildman–Crippen LogP) is -0.146. The van der Waals surface area contributed by atoms with Crippen LogP contribution in [0.15, 0.2) is 0 Å². The maximum Gasteiger partial charge on any atom is 0.188 e. The van der Waals surface area contributed by atoms with Gasteiger partial charge in [0, 0.05) is 5.92 Å². The highest BCUT2D eigenvalue weighted by molar-refractivity contribution is 5.00. The van der Waals surface area contributed by atoms with Crippen molar-refractivity contribution in [3.05, 3.63) is 0 Å². The van der Waals surface area contributed by atoms with Crippen LogP contribution in [0.25, 0.3) is 0 Å². The van der Waals surface area contributed by atoms with Crippen LogP contribution < -0.4 is 0 Å². The summed E-state index contributed by atoms with van der Waals surface area (Å²) in [6, 6.07) is 0. The van der Waals surface area contributed by atoms with Crippen LogP contribution in [0.4, 0.5) is 0 Å². The van der Waals surface area contributed by atoms with E-state index in [1.807, 2.05) is 20.8 Å². The normalized spacial score (nSPS) is 41.8. The molecule has 5 heteroatoms. The van der Waals surface area contributed by atoms with E-state index in [1.165, 1.54) is 0 Å². The van der Waals surface area contributed by atoms with Crippen molar-refractivity contribution in [3.8, 4) is 0 Å². The Morgan fingerprint density at radius 1 is 1.07 bits per heavy atom. The quantitative estimate of drug-likeness (QED) is 0.675. The Morgan fingerprint density at radius 2 is 1.67 bits per heavy atom. The minimum atomic E-state index is -0.939. The first-order valence-electron chi connectivity index (χ1n) is 5.19. The molecular weight excluding hydrogens is 200 g/mol. The van der Waals surface area contributed by atoms with Gasteiger partial charge in [-0.15, -0.1) is 0 Å². The van der Waals surface area contributed by atoms with Crippen molar-refractivity contribution in [1.82, 2.24) is 0 Å². The lowest BCUT2D eigenvalue weighted by molar-refractivity contribution is -0.244. The fraction of sp³-hybridized carbons (Fsp3) is 1.00. The average Bonchev–Trinajstić information content (AvgIpc) is 2.59. The molecule has 2 saturated heterocycles. The summed E-state index contributed by atoms with van der Waals surface area (Å²) >= 11 is 0. The van der Waals surface area contributed by atoms with Crippen molar-refractivity contribution in [2.45, 2.75) is 44.6 Å². The Labute approximate surface area is 88.9 Å². The topological polar surface area (TPSA) is 68.2 Å². The number of hydrogen-bond donors (Lipinski definition) is 2. The second-order valence-corrected chi connectivity index (χ2v) is 4.76. The second-order valence-electron chi connectivity index (χ2n) is 4.76. The Morgan fingerprint density at radius 3 is 2.13 bits per heavy atom. The lowest BCUT2D eigenvalue weighted by Gasteiger charge is -2.31. The number of hydrogen-bond acceptors (Lipinski definition) is 5. The first-order valence-corrected chi connectivity index (χ1v) is 5.19. The molecule has 0 spiro atoms. The van der Waals surface area contributed by atoms with Crippen molar-refractivity contribution in [3.63, 3.8) is 0 Å². The first kappa shape index (κ1) is 11.3. The summed E-state index contributed by atoms with van der Waals surface area (Å²) in [5.74, 6) is -0.750. The van der Waals surface area contributed by atoms with Crippen molar-refractivity contribution < 1.29 is 24.4 Å². The molecule has 2 N–H and O–H groups in total. The third-order valence-electron chi connectivity index (χ3n) is 3.30. The smallest absolute Gasteiger partial charge is 0.188 e. The number of ether oxygens (including phenoxy) is 3. The molecule has 2 fully saturated rings. The predicted molar refractivity (Wildman–Crippen MR) is 51.0 cm³/mol. The maximum absolute atomic E-state index is 9.28. The van der Waals surface area contributed by atoms with Crippen LogP contribution in [0.5, 0.6) is 0 Å². The van der Waals surface area contributed by atoms with Gasteiger partial charge in [-0.05, 0) is 13.8 Å². The molecule has 2 aliphatic rings. The molecule has 0 aromatic rings. The zero-order chi connectivity index (χ0) is 11.3. The standard InChI is InChI=1S/C10H18O5/c1-6-7-8(14-9(2,3)13-7)15-10(6,4-11)5-12/h6-8,11-12H,4-5H2,1-3H3/t6-,7?,8-/m1/s1. The summed E-state index contributed by atoms with van der Waals surface area (Å²) < 4.78 is 16.8. The molecule has 2 aliphatic heterocycles. The van der Waals surface area contributed by atoms with Crippen LogP contribution in [-0.4, -0.2) is 47.2 Å². The van der Waals surface area contributed by atoms with Crippen LogP contribution in [0.3, 0.4) is 0 Å². The third-order valence-corrected chi connectivity index (χ3v) is 3.30. The fourth-order valence-electron chi connectivity index (χ4n) is 2.24. The van der Waals surface area contributed by atoms with E-state index in [0.717, 1.165) is 0 Å². The summed E-state index contributed by atoms with van der Waals surface area (Å²) in [6.07, 6.45) is -0.714. The summed E-state index contributed by atoms with van der Waals surface area (Å²) in [7, 11) is 0. The Kier molecular flexibility index (Phi) is 2.56. The molecule has 88 valence electrons. The third kappa shape index (κ3) is 1.59. The van der Waals surface area contributed by atoms with Gasteiger partial charge >= 0.3 is 0 Å². The van der Waals surface area contributed by atoms with E-state index < -0.39 is 17.7 Å². The number of aliphatic hydroxyl groups excluding tert-OH is 2. The zero-order valence-corrected chi connectivity index (χ0v) is 9.27. The van der Waals surface area contributed by atoms with Crippen molar-refractivity contribution in [2.24, 2.45) is 5.92 Å². The van der Waals surface area contributed by atoms with E-state index in [4.69, 9.17) is 14.2 Å². The summed E-state index contributed by atoms with van der Waals surface area (Å²) in [6.45, 7) is 5.07. The van der Waals surface area contributed by atoms with Gasteiger partial charge in [-0.1, -0.05) is 6.92 Å². The van der Waals surface area contributed by atoms with Crippen molar-refractivity contribution in [1.29, 1.82) is 0 Å². The Balaban J connectivity index is 2.17. The Hall–Kier alpha value is -0.200. The average molecular weight is 218 g/mol. The Bertz CT molecular complexity index is 248. The highest BCUT2D eigenvalue weighted by Crippen LogP contribution is 2.45. The minimum absolute atomic E-state index is 0.0979. The van der Waals surface area contributed by atoms with Gasteiger partial charge in [-0.25, -0.2) is 0 Å². The SMILES string of the molecule is C[C@@H]1C2OC(C)(C)O[C@@H]2OC1(CO)CO. The first-order chi connectivity index (χ1) is 6.94. The van der Waals surface area contributed by atoms with Gasteiger partial charge in [0.2, 0.25) is 0 Å². The van der Waals surface area contributed by atoms with E-state index in [-0.39, 0.29) is 25.2 Å². The highest BCUT2D eigenvalue weighted by Gasteiger charge is 2.59. The van der Waals surface area contributed by atoms with E-state index in [1.54, 1.807) is 0 Å². The maximum atomic E-state index is 9.28. The summed E-state index contributed by atoms with van der Waals surface area (Å²) in [4.78, 5) is 0. The van der Waals surface area contributed by atoms with Crippen LogP contribution in [0.2, 0.25) is 0 Å². The fourth-order valence-corrected chi connectivity index (χ4v) is 2.24. The van der Waals surface area contributed by atoms with E-state index in [2.05, 4.69) is 0 Å². The number of rotatable bonds is 2. The molecular formula is C10H18O5. The molecule has 0 bridgehead atoms. The number of aliphatic hydroxyl groups is 2. The molecule has 0 saturated carbocycles.